The second kappa shape index (κ2) is 7.34. The molecule has 1 amide bonds. The fourth-order valence-corrected chi connectivity index (χ4v) is 4.13. The molecule has 1 aliphatic carbocycles. The summed E-state index contributed by atoms with van der Waals surface area (Å²) >= 11 is 0. The van der Waals surface area contributed by atoms with Crippen molar-refractivity contribution < 1.29 is 14.3 Å². The number of ether oxygens (including phenoxy) is 2. The van der Waals surface area contributed by atoms with E-state index in [1.165, 1.54) is 12.0 Å². The fraction of sp³-hybridized carbons (Fsp3) is 0.650. The van der Waals surface area contributed by atoms with Gasteiger partial charge < -0.3 is 14.8 Å². The third-order valence-corrected chi connectivity index (χ3v) is 5.88. The van der Waals surface area contributed by atoms with Gasteiger partial charge in [0.2, 0.25) is 5.91 Å². The Morgan fingerprint density at radius 3 is 2.80 bits per heavy atom. The highest BCUT2D eigenvalue weighted by atomic mass is 16.5. The van der Waals surface area contributed by atoms with E-state index < -0.39 is 0 Å². The molecule has 3 aliphatic rings. The number of hydrogen-bond acceptors (Lipinski definition) is 4. The first-order valence-corrected chi connectivity index (χ1v) is 9.47. The molecule has 0 bridgehead atoms. The van der Waals surface area contributed by atoms with Crippen LogP contribution in [0.25, 0.3) is 0 Å². The van der Waals surface area contributed by atoms with Crippen LogP contribution in [0.5, 0.6) is 5.75 Å². The number of hydrogen-bond donors (Lipinski definition) is 1. The second-order valence-electron chi connectivity index (χ2n) is 7.69. The zero-order chi connectivity index (χ0) is 17.2. The van der Waals surface area contributed by atoms with Gasteiger partial charge in [-0.1, -0.05) is 12.1 Å². The van der Waals surface area contributed by atoms with Crippen molar-refractivity contribution in [3.63, 3.8) is 0 Å². The zero-order valence-electron chi connectivity index (χ0n) is 14.9. The Bertz CT molecular complexity index is 599. The highest BCUT2D eigenvalue weighted by Gasteiger charge is 2.41. The molecule has 25 heavy (non-hydrogen) atoms. The standard InChI is InChI=1S/C20H28N2O3/c1-24-17-6-2-14(3-7-17)11-22-9-8-16-13-25-19(18(16)12-22)10-21-20(23)15-4-5-15/h2-3,6-7,15-16,18-19H,4-5,8-13H2,1H3,(H,21,23)/t16-,18-,19+/m0/s1. The summed E-state index contributed by atoms with van der Waals surface area (Å²) in [4.78, 5) is 14.4. The first-order valence-electron chi connectivity index (χ1n) is 9.47. The van der Waals surface area contributed by atoms with Crippen molar-refractivity contribution in [3.05, 3.63) is 29.8 Å². The van der Waals surface area contributed by atoms with E-state index in [1.807, 2.05) is 12.1 Å². The molecule has 0 spiro atoms. The molecule has 1 aromatic carbocycles. The lowest BCUT2D eigenvalue weighted by atomic mass is 9.84. The van der Waals surface area contributed by atoms with Crippen molar-refractivity contribution in [3.8, 4) is 5.75 Å². The minimum Gasteiger partial charge on any atom is -0.497 e. The van der Waals surface area contributed by atoms with Crippen LogP contribution in [-0.4, -0.2) is 50.3 Å². The minimum atomic E-state index is 0.173. The van der Waals surface area contributed by atoms with E-state index in [9.17, 15) is 4.79 Å². The number of nitrogens with zero attached hydrogens (tertiary/aromatic N) is 1. The number of fused-ring (bicyclic) bond motifs is 1. The van der Waals surface area contributed by atoms with Crippen molar-refractivity contribution >= 4 is 5.91 Å². The molecule has 2 heterocycles. The van der Waals surface area contributed by atoms with E-state index in [2.05, 4.69) is 22.3 Å². The van der Waals surface area contributed by atoms with Gasteiger partial charge in [0.25, 0.3) is 0 Å². The second-order valence-corrected chi connectivity index (χ2v) is 7.69. The Kier molecular flexibility index (Phi) is 4.95. The van der Waals surface area contributed by atoms with E-state index >= 15 is 0 Å². The minimum absolute atomic E-state index is 0.173. The van der Waals surface area contributed by atoms with Crippen LogP contribution in [0.15, 0.2) is 24.3 Å². The number of benzene rings is 1. The quantitative estimate of drug-likeness (QED) is 0.858. The molecule has 1 saturated carbocycles. The lowest BCUT2D eigenvalue weighted by Crippen LogP contribution is -2.45. The molecule has 5 nitrogen and oxygen atoms in total. The molecule has 2 saturated heterocycles. The summed E-state index contributed by atoms with van der Waals surface area (Å²) in [6.07, 6.45) is 3.47. The summed E-state index contributed by atoms with van der Waals surface area (Å²) < 4.78 is 11.3. The maximum Gasteiger partial charge on any atom is 0.223 e. The number of carbonyl (C=O) groups is 1. The molecule has 5 heteroatoms. The van der Waals surface area contributed by atoms with Gasteiger partial charge in [0.1, 0.15) is 5.75 Å². The first kappa shape index (κ1) is 16.9. The molecule has 2 aliphatic heterocycles. The van der Waals surface area contributed by atoms with E-state index in [-0.39, 0.29) is 17.9 Å². The largest absolute Gasteiger partial charge is 0.497 e. The van der Waals surface area contributed by atoms with Crippen LogP contribution in [0.3, 0.4) is 0 Å². The highest BCUT2D eigenvalue weighted by molar-refractivity contribution is 5.80. The molecule has 1 aromatic rings. The van der Waals surface area contributed by atoms with Crippen molar-refractivity contribution in [1.29, 1.82) is 0 Å². The van der Waals surface area contributed by atoms with Gasteiger partial charge in [0.05, 0.1) is 19.8 Å². The van der Waals surface area contributed by atoms with Crippen molar-refractivity contribution in [2.75, 3.05) is 33.4 Å². The van der Waals surface area contributed by atoms with Crippen LogP contribution in [0.1, 0.15) is 24.8 Å². The molecule has 3 atom stereocenters. The first-order chi connectivity index (χ1) is 12.2. The van der Waals surface area contributed by atoms with Gasteiger partial charge in [-0.05, 0) is 49.4 Å². The molecule has 0 aromatic heterocycles. The van der Waals surface area contributed by atoms with Crippen LogP contribution in [0.4, 0.5) is 0 Å². The average Bonchev–Trinajstić information content (AvgIpc) is 3.42. The van der Waals surface area contributed by atoms with Gasteiger partial charge in [-0.25, -0.2) is 0 Å². The Morgan fingerprint density at radius 2 is 2.08 bits per heavy atom. The Balaban J connectivity index is 1.31. The van der Waals surface area contributed by atoms with Crippen LogP contribution in [0.2, 0.25) is 0 Å². The number of likely N-dealkylation sites (tertiary alicyclic amines) is 1. The molecule has 4 rings (SSSR count). The molecular weight excluding hydrogens is 316 g/mol. The maximum atomic E-state index is 11.9. The van der Waals surface area contributed by atoms with Gasteiger partial charge in [0, 0.05) is 31.5 Å². The predicted molar refractivity (Wildman–Crippen MR) is 95.3 cm³/mol. The average molecular weight is 344 g/mol. The molecule has 1 N–H and O–H groups in total. The monoisotopic (exact) mass is 344 g/mol. The summed E-state index contributed by atoms with van der Waals surface area (Å²) in [6.45, 7) is 4.67. The normalized spacial score (nSPS) is 29.2. The fourth-order valence-electron chi connectivity index (χ4n) is 4.13. The topological polar surface area (TPSA) is 50.8 Å². The Hall–Kier alpha value is -1.59. The van der Waals surface area contributed by atoms with E-state index in [0.29, 0.717) is 18.4 Å². The Morgan fingerprint density at radius 1 is 1.28 bits per heavy atom. The summed E-state index contributed by atoms with van der Waals surface area (Å²) in [6, 6.07) is 8.33. The molecule has 3 fully saturated rings. The van der Waals surface area contributed by atoms with E-state index in [0.717, 1.165) is 44.8 Å². The van der Waals surface area contributed by atoms with E-state index in [4.69, 9.17) is 9.47 Å². The van der Waals surface area contributed by atoms with Crippen LogP contribution >= 0.6 is 0 Å². The third kappa shape index (κ3) is 3.98. The van der Waals surface area contributed by atoms with Crippen molar-refractivity contribution in [1.82, 2.24) is 10.2 Å². The van der Waals surface area contributed by atoms with Crippen molar-refractivity contribution in [2.24, 2.45) is 17.8 Å². The van der Waals surface area contributed by atoms with Gasteiger partial charge in [0.15, 0.2) is 0 Å². The number of piperidine rings is 1. The summed E-state index contributed by atoms with van der Waals surface area (Å²) in [5, 5.41) is 3.10. The SMILES string of the molecule is COc1ccc(CN2CC[C@H]3CO[C@H](CNC(=O)C4CC4)[C@H]3C2)cc1. The van der Waals surface area contributed by atoms with Crippen LogP contribution in [0, 0.1) is 17.8 Å². The number of nitrogens with one attached hydrogen (secondary N) is 1. The van der Waals surface area contributed by atoms with Gasteiger partial charge in [-0.15, -0.1) is 0 Å². The number of rotatable bonds is 6. The number of carbonyl (C=O) groups excluding carboxylic acids is 1. The van der Waals surface area contributed by atoms with Gasteiger partial charge in [-0.2, -0.15) is 0 Å². The van der Waals surface area contributed by atoms with Gasteiger partial charge in [-0.3, -0.25) is 9.69 Å². The third-order valence-electron chi connectivity index (χ3n) is 5.88. The summed E-state index contributed by atoms with van der Waals surface area (Å²) in [7, 11) is 1.70. The summed E-state index contributed by atoms with van der Waals surface area (Å²) in [5.74, 6) is 2.58. The maximum absolute atomic E-state index is 11.9. The number of amides is 1. The van der Waals surface area contributed by atoms with Crippen LogP contribution in [-0.2, 0) is 16.1 Å². The lowest BCUT2D eigenvalue weighted by Gasteiger charge is -2.36. The number of methoxy groups -OCH3 is 1. The molecule has 0 unspecified atom stereocenters. The van der Waals surface area contributed by atoms with E-state index in [1.54, 1.807) is 7.11 Å². The van der Waals surface area contributed by atoms with Crippen LogP contribution < -0.4 is 10.1 Å². The predicted octanol–water partition coefficient (Wildman–Crippen LogP) is 2.06. The van der Waals surface area contributed by atoms with Gasteiger partial charge >= 0.3 is 0 Å². The summed E-state index contributed by atoms with van der Waals surface area (Å²) in [5.41, 5.74) is 1.32. The highest BCUT2D eigenvalue weighted by Crippen LogP contribution is 2.35. The Labute approximate surface area is 149 Å². The molecule has 136 valence electrons. The molecular formula is C20H28N2O3. The van der Waals surface area contributed by atoms with Crippen molar-refractivity contribution in [2.45, 2.75) is 31.9 Å². The smallest absolute Gasteiger partial charge is 0.223 e. The molecule has 0 radical (unpaired) electrons. The zero-order valence-corrected chi connectivity index (χ0v) is 14.9. The lowest BCUT2D eigenvalue weighted by molar-refractivity contribution is -0.122.